The van der Waals surface area contributed by atoms with Crippen molar-refractivity contribution in [3.8, 4) is 11.5 Å². The van der Waals surface area contributed by atoms with Gasteiger partial charge in [0, 0.05) is 0 Å². The van der Waals surface area contributed by atoms with E-state index in [0.717, 1.165) is 41.3 Å². The van der Waals surface area contributed by atoms with Crippen molar-refractivity contribution in [1.82, 2.24) is 0 Å². The van der Waals surface area contributed by atoms with Crippen molar-refractivity contribution in [2.24, 2.45) is 0 Å². The van der Waals surface area contributed by atoms with Gasteiger partial charge in [-0.25, -0.2) is 4.90 Å². The molecule has 0 aliphatic carbocycles. The fraction of sp³-hybridized carbons (Fsp3) is 0.407. The van der Waals surface area contributed by atoms with Gasteiger partial charge in [0.05, 0.1) is 24.3 Å². The Morgan fingerprint density at radius 3 is 2.48 bits per heavy atom. The van der Waals surface area contributed by atoms with E-state index in [4.69, 9.17) is 9.47 Å². The third-order valence-corrected chi connectivity index (χ3v) is 6.72. The largest absolute Gasteiger partial charge is 0.493 e. The summed E-state index contributed by atoms with van der Waals surface area (Å²) in [4.78, 5) is 27.3. The number of hydrogen-bond acceptors (Lipinski definition) is 5. The Bertz CT molecular complexity index is 1030. The SMILES string of the molecule is CCCCCCCCOc1ccc(/C=C2\SC(=O)N(c3cccc(C)c3C)C2=O)cc1OC. The van der Waals surface area contributed by atoms with Crippen molar-refractivity contribution >= 4 is 34.7 Å². The summed E-state index contributed by atoms with van der Waals surface area (Å²) < 4.78 is 11.4. The molecule has 2 aromatic carbocycles. The van der Waals surface area contributed by atoms with Gasteiger partial charge in [0.2, 0.25) is 0 Å². The Labute approximate surface area is 201 Å². The van der Waals surface area contributed by atoms with Crippen LogP contribution in [0.5, 0.6) is 11.5 Å². The predicted octanol–water partition coefficient (Wildman–Crippen LogP) is 7.29. The number of unbranched alkanes of at least 4 members (excludes halogenated alkanes) is 5. The molecule has 0 unspecified atom stereocenters. The molecule has 1 saturated heterocycles. The molecule has 1 fully saturated rings. The lowest BCUT2D eigenvalue weighted by atomic mass is 10.1. The molecule has 1 aliphatic rings. The summed E-state index contributed by atoms with van der Waals surface area (Å²) in [6.07, 6.45) is 8.97. The number of carbonyl (C=O) groups is 2. The Kier molecular flexibility index (Phi) is 9.01. The van der Waals surface area contributed by atoms with Crippen LogP contribution in [0.25, 0.3) is 6.08 Å². The van der Waals surface area contributed by atoms with Crippen molar-refractivity contribution in [1.29, 1.82) is 0 Å². The molecule has 0 radical (unpaired) electrons. The number of imide groups is 1. The molecule has 3 rings (SSSR count). The van der Waals surface area contributed by atoms with Gasteiger partial charge in [-0.1, -0.05) is 57.2 Å². The average Bonchev–Trinajstić information content (AvgIpc) is 3.08. The van der Waals surface area contributed by atoms with Gasteiger partial charge >= 0.3 is 0 Å². The molecule has 0 aromatic heterocycles. The number of rotatable bonds is 11. The summed E-state index contributed by atoms with van der Waals surface area (Å²) in [7, 11) is 1.60. The highest BCUT2D eigenvalue weighted by Crippen LogP contribution is 2.38. The van der Waals surface area contributed by atoms with Crippen LogP contribution in [-0.4, -0.2) is 24.9 Å². The first-order valence-electron chi connectivity index (χ1n) is 11.6. The normalized spacial score (nSPS) is 14.9. The first kappa shape index (κ1) is 24.9. The van der Waals surface area contributed by atoms with E-state index in [2.05, 4.69) is 6.92 Å². The second-order valence-corrected chi connectivity index (χ2v) is 9.26. The van der Waals surface area contributed by atoms with E-state index >= 15 is 0 Å². The van der Waals surface area contributed by atoms with Gasteiger partial charge in [0.15, 0.2) is 11.5 Å². The van der Waals surface area contributed by atoms with E-state index in [1.54, 1.807) is 19.3 Å². The maximum Gasteiger partial charge on any atom is 0.298 e. The summed E-state index contributed by atoms with van der Waals surface area (Å²) in [5.74, 6) is 0.997. The van der Waals surface area contributed by atoms with Gasteiger partial charge in [0.25, 0.3) is 11.1 Å². The molecule has 0 saturated carbocycles. The number of nitrogens with zero attached hydrogens (tertiary/aromatic N) is 1. The second kappa shape index (κ2) is 11.9. The minimum atomic E-state index is -0.305. The zero-order valence-corrected chi connectivity index (χ0v) is 20.8. The number of ether oxygens (including phenoxy) is 2. The van der Waals surface area contributed by atoms with Crippen LogP contribution in [0.15, 0.2) is 41.3 Å². The maximum absolute atomic E-state index is 13.0. The molecule has 0 spiro atoms. The molecule has 6 heteroatoms. The number of hydrogen-bond donors (Lipinski definition) is 0. The molecule has 2 aromatic rings. The van der Waals surface area contributed by atoms with Crippen molar-refractivity contribution in [3.63, 3.8) is 0 Å². The highest BCUT2D eigenvalue weighted by atomic mass is 32.2. The lowest BCUT2D eigenvalue weighted by Gasteiger charge is -2.16. The number of aryl methyl sites for hydroxylation is 1. The molecule has 33 heavy (non-hydrogen) atoms. The van der Waals surface area contributed by atoms with Crippen LogP contribution in [-0.2, 0) is 4.79 Å². The van der Waals surface area contributed by atoms with Gasteiger partial charge < -0.3 is 9.47 Å². The molecule has 1 heterocycles. The van der Waals surface area contributed by atoms with Crippen LogP contribution in [0.1, 0.15) is 62.1 Å². The summed E-state index contributed by atoms with van der Waals surface area (Å²) in [6, 6.07) is 11.2. The maximum atomic E-state index is 13.0. The zero-order valence-electron chi connectivity index (χ0n) is 20.0. The average molecular weight is 468 g/mol. The van der Waals surface area contributed by atoms with Crippen molar-refractivity contribution in [2.45, 2.75) is 59.3 Å². The number of carbonyl (C=O) groups excluding carboxylic acids is 2. The van der Waals surface area contributed by atoms with Crippen LogP contribution < -0.4 is 14.4 Å². The quantitative estimate of drug-likeness (QED) is 0.256. The number of benzene rings is 2. The molecule has 0 atom stereocenters. The summed E-state index contributed by atoms with van der Waals surface area (Å²) in [6.45, 7) is 6.76. The monoisotopic (exact) mass is 467 g/mol. The summed E-state index contributed by atoms with van der Waals surface area (Å²) >= 11 is 0.955. The smallest absolute Gasteiger partial charge is 0.298 e. The first-order valence-corrected chi connectivity index (χ1v) is 12.4. The Hall–Kier alpha value is -2.73. The van der Waals surface area contributed by atoms with Crippen LogP contribution >= 0.6 is 11.8 Å². The molecular formula is C27H33NO4S. The Balaban J connectivity index is 1.68. The number of thioether (sulfide) groups is 1. The highest BCUT2D eigenvalue weighted by Gasteiger charge is 2.37. The van der Waals surface area contributed by atoms with E-state index < -0.39 is 0 Å². The van der Waals surface area contributed by atoms with Gasteiger partial charge in [-0.2, -0.15) is 0 Å². The van der Waals surface area contributed by atoms with Crippen LogP contribution in [0.2, 0.25) is 0 Å². The van der Waals surface area contributed by atoms with Gasteiger partial charge in [-0.3, -0.25) is 9.59 Å². The van der Waals surface area contributed by atoms with Crippen molar-refractivity contribution < 1.29 is 19.1 Å². The lowest BCUT2D eigenvalue weighted by Crippen LogP contribution is -2.28. The fourth-order valence-corrected chi connectivity index (χ4v) is 4.60. The standard InChI is InChI=1S/C27H33NO4S/c1-5-6-7-8-9-10-16-32-23-15-14-21(17-24(23)31-4)18-25-26(29)28(27(30)33-25)22-13-11-12-19(2)20(22)3/h11-15,17-18H,5-10,16H2,1-4H3/b25-18-. The van der Waals surface area contributed by atoms with Gasteiger partial charge in [-0.15, -0.1) is 0 Å². The van der Waals surface area contributed by atoms with E-state index in [0.29, 0.717) is 28.7 Å². The Morgan fingerprint density at radius 1 is 0.970 bits per heavy atom. The minimum absolute atomic E-state index is 0.286. The lowest BCUT2D eigenvalue weighted by molar-refractivity contribution is -0.113. The molecule has 0 N–H and O–H groups in total. The van der Waals surface area contributed by atoms with E-state index in [1.165, 1.54) is 30.6 Å². The molecule has 0 bridgehead atoms. The summed E-state index contributed by atoms with van der Waals surface area (Å²) in [5, 5.41) is -0.286. The highest BCUT2D eigenvalue weighted by molar-refractivity contribution is 8.19. The van der Waals surface area contributed by atoms with Crippen LogP contribution in [0.3, 0.4) is 0 Å². The topological polar surface area (TPSA) is 55.8 Å². The summed E-state index contributed by atoms with van der Waals surface area (Å²) in [5.41, 5.74) is 3.38. The van der Waals surface area contributed by atoms with E-state index in [1.807, 2.05) is 44.2 Å². The zero-order chi connectivity index (χ0) is 23.8. The minimum Gasteiger partial charge on any atom is -0.493 e. The number of amides is 2. The molecular weight excluding hydrogens is 434 g/mol. The Morgan fingerprint density at radius 2 is 1.73 bits per heavy atom. The second-order valence-electron chi connectivity index (χ2n) is 8.26. The van der Waals surface area contributed by atoms with Crippen molar-refractivity contribution in [2.75, 3.05) is 18.6 Å². The van der Waals surface area contributed by atoms with E-state index in [-0.39, 0.29) is 11.1 Å². The molecule has 1 aliphatic heterocycles. The third kappa shape index (κ3) is 6.20. The molecule has 5 nitrogen and oxygen atoms in total. The van der Waals surface area contributed by atoms with E-state index in [9.17, 15) is 9.59 Å². The first-order chi connectivity index (χ1) is 16.0. The van der Waals surface area contributed by atoms with Gasteiger partial charge in [-0.05, 0) is 73.0 Å². The fourth-order valence-electron chi connectivity index (χ4n) is 3.76. The number of methoxy groups -OCH3 is 1. The molecule has 2 amide bonds. The van der Waals surface area contributed by atoms with Crippen LogP contribution in [0, 0.1) is 13.8 Å². The van der Waals surface area contributed by atoms with Gasteiger partial charge in [0.1, 0.15) is 0 Å². The third-order valence-electron chi connectivity index (χ3n) is 5.85. The molecule has 176 valence electrons. The number of anilines is 1. The van der Waals surface area contributed by atoms with Crippen molar-refractivity contribution in [3.05, 3.63) is 58.0 Å². The van der Waals surface area contributed by atoms with Crippen LogP contribution in [0.4, 0.5) is 10.5 Å². The predicted molar refractivity (Wildman–Crippen MR) is 136 cm³/mol.